The van der Waals surface area contributed by atoms with E-state index in [0.29, 0.717) is 33.6 Å². The molecule has 0 aliphatic rings. The van der Waals surface area contributed by atoms with E-state index in [2.05, 4.69) is 15.9 Å². The first kappa shape index (κ1) is 18.1. The smallest absolute Gasteiger partial charge is 0.374 e. The van der Waals surface area contributed by atoms with E-state index < -0.39 is 5.97 Å². The molecule has 1 aromatic carbocycles. The number of hydrogen-bond donors (Lipinski definition) is 0. The average Bonchev–Trinajstić information content (AvgIpc) is 3.01. The third kappa shape index (κ3) is 4.38. The molecule has 0 aliphatic carbocycles. The van der Waals surface area contributed by atoms with Crippen molar-refractivity contribution in [3.05, 3.63) is 45.8 Å². The zero-order chi connectivity index (χ0) is 17.7. The summed E-state index contributed by atoms with van der Waals surface area (Å²) in [6, 6.07) is 6.44. The number of hydrogen-bond acceptors (Lipinski definition) is 6. The molecule has 0 fully saturated rings. The molecular formula is C17H17BrO6. The van der Waals surface area contributed by atoms with Gasteiger partial charge in [0.1, 0.15) is 12.4 Å². The lowest BCUT2D eigenvalue weighted by Gasteiger charge is -2.12. The normalized spacial score (nSPS) is 10.5. The maximum absolute atomic E-state index is 11.8. The van der Waals surface area contributed by atoms with E-state index in [9.17, 15) is 9.59 Å². The number of ether oxygens (including phenoxy) is 3. The molecule has 0 N–H and O–H groups in total. The van der Waals surface area contributed by atoms with Gasteiger partial charge in [-0.2, -0.15) is 0 Å². The molecule has 24 heavy (non-hydrogen) atoms. The van der Waals surface area contributed by atoms with Crippen molar-refractivity contribution >= 4 is 28.2 Å². The summed E-state index contributed by atoms with van der Waals surface area (Å²) in [7, 11) is 1.48. The average molecular weight is 397 g/mol. The van der Waals surface area contributed by atoms with Crippen LogP contribution in [0.4, 0.5) is 0 Å². The van der Waals surface area contributed by atoms with Crippen molar-refractivity contribution in [2.75, 3.05) is 7.11 Å². The molecule has 7 heteroatoms. The first-order valence-corrected chi connectivity index (χ1v) is 7.99. The largest absolute Gasteiger partial charge is 0.493 e. The molecule has 2 rings (SSSR count). The third-order valence-electron chi connectivity index (χ3n) is 2.96. The van der Waals surface area contributed by atoms with Gasteiger partial charge in [0.2, 0.25) is 5.76 Å². The van der Waals surface area contributed by atoms with Crippen LogP contribution in [0.25, 0.3) is 0 Å². The number of esters is 1. The molecule has 0 saturated heterocycles. The van der Waals surface area contributed by atoms with Crippen molar-refractivity contribution in [1.29, 1.82) is 0 Å². The highest BCUT2D eigenvalue weighted by Crippen LogP contribution is 2.34. The number of carbonyl (C=O) groups is 2. The van der Waals surface area contributed by atoms with Gasteiger partial charge in [0.15, 0.2) is 17.8 Å². The summed E-state index contributed by atoms with van der Waals surface area (Å²) < 4.78 is 22.0. The lowest BCUT2D eigenvalue weighted by atomic mass is 10.2. The molecular weight excluding hydrogens is 380 g/mol. The van der Waals surface area contributed by atoms with Crippen LogP contribution < -0.4 is 9.47 Å². The molecule has 0 atom stereocenters. The molecule has 0 radical (unpaired) electrons. The Balaban J connectivity index is 2.13. The van der Waals surface area contributed by atoms with E-state index in [-0.39, 0.29) is 18.5 Å². The lowest BCUT2D eigenvalue weighted by molar-refractivity contribution is 0.0337. The van der Waals surface area contributed by atoms with Gasteiger partial charge in [-0.15, -0.1) is 0 Å². The minimum Gasteiger partial charge on any atom is -0.493 e. The van der Waals surface area contributed by atoms with Crippen LogP contribution in [-0.4, -0.2) is 25.5 Å². The zero-order valence-electron chi connectivity index (χ0n) is 13.5. The molecule has 0 bridgehead atoms. The predicted octanol–water partition coefficient (Wildman–Crippen LogP) is 4.01. The van der Waals surface area contributed by atoms with Crippen LogP contribution in [0.15, 0.2) is 33.2 Å². The van der Waals surface area contributed by atoms with E-state index in [4.69, 9.17) is 18.6 Å². The minimum atomic E-state index is -0.536. The van der Waals surface area contributed by atoms with Crippen LogP contribution in [0.1, 0.15) is 40.5 Å². The second-order valence-electron chi connectivity index (χ2n) is 5.15. The van der Waals surface area contributed by atoms with E-state index in [1.165, 1.54) is 13.2 Å². The van der Waals surface area contributed by atoms with Gasteiger partial charge in [0.05, 0.1) is 18.8 Å². The lowest BCUT2D eigenvalue weighted by Crippen LogP contribution is -2.10. The number of halogens is 1. The van der Waals surface area contributed by atoms with Gasteiger partial charge in [-0.25, -0.2) is 4.79 Å². The molecule has 128 valence electrons. The number of aldehydes is 1. The van der Waals surface area contributed by atoms with Crippen LogP contribution >= 0.6 is 15.9 Å². The minimum absolute atomic E-state index is 0.0355. The molecule has 0 unspecified atom stereocenters. The van der Waals surface area contributed by atoms with Crippen molar-refractivity contribution < 1.29 is 28.2 Å². The van der Waals surface area contributed by atoms with Gasteiger partial charge >= 0.3 is 5.97 Å². The van der Waals surface area contributed by atoms with Crippen molar-refractivity contribution in [2.45, 2.75) is 26.6 Å². The maximum Gasteiger partial charge on any atom is 0.374 e. The van der Waals surface area contributed by atoms with Crippen molar-refractivity contribution in [2.24, 2.45) is 0 Å². The predicted molar refractivity (Wildman–Crippen MR) is 89.7 cm³/mol. The number of rotatable bonds is 7. The van der Waals surface area contributed by atoms with Crippen molar-refractivity contribution in [1.82, 2.24) is 0 Å². The topological polar surface area (TPSA) is 75.0 Å². The van der Waals surface area contributed by atoms with Gasteiger partial charge in [0.25, 0.3) is 0 Å². The zero-order valence-corrected chi connectivity index (χ0v) is 15.1. The van der Waals surface area contributed by atoms with E-state index in [1.54, 1.807) is 32.0 Å². The Hall–Kier alpha value is -2.28. The SMILES string of the molecule is COc1cc(Br)cc(C=O)c1OCc1ccc(C(=O)OC(C)C)o1. The summed E-state index contributed by atoms with van der Waals surface area (Å²) in [6.45, 7) is 3.55. The summed E-state index contributed by atoms with van der Waals surface area (Å²) in [5.74, 6) is 0.704. The highest BCUT2D eigenvalue weighted by molar-refractivity contribution is 9.10. The quantitative estimate of drug-likeness (QED) is 0.519. The fourth-order valence-corrected chi connectivity index (χ4v) is 2.42. The van der Waals surface area contributed by atoms with E-state index in [0.717, 1.165) is 0 Å². The standard InChI is InChI=1S/C17H17BrO6/c1-10(2)23-17(20)14-5-4-13(24-14)9-22-16-11(8-19)6-12(18)7-15(16)21-3/h4-8,10H,9H2,1-3H3. The van der Waals surface area contributed by atoms with Crippen LogP contribution in [0, 0.1) is 0 Å². The Kier molecular flexibility index (Phi) is 6.03. The molecule has 1 heterocycles. The number of benzene rings is 1. The van der Waals surface area contributed by atoms with Crippen LogP contribution in [0.5, 0.6) is 11.5 Å². The highest BCUT2D eigenvalue weighted by atomic mass is 79.9. The molecule has 0 aliphatic heterocycles. The van der Waals surface area contributed by atoms with E-state index in [1.807, 2.05) is 0 Å². The Labute approximate surface area is 147 Å². The van der Waals surface area contributed by atoms with Gasteiger partial charge < -0.3 is 18.6 Å². The summed E-state index contributed by atoms with van der Waals surface area (Å²) in [6.07, 6.45) is 0.445. The van der Waals surface area contributed by atoms with E-state index >= 15 is 0 Å². The van der Waals surface area contributed by atoms with Gasteiger partial charge in [0, 0.05) is 4.47 Å². The Morgan fingerprint density at radius 1 is 1.33 bits per heavy atom. The molecule has 0 spiro atoms. The monoisotopic (exact) mass is 396 g/mol. The Morgan fingerprint density at radius 2 is 2.08 bits per heavy atom. The second-order valence-corrected chi connectivity index (χ2v) is 6.07. The fourth-order valence-electron chi connectivity index (χ4n) is 1.96. The highest BCUT2D eigenvalue weighted by Gasteiger charge is 2.16. The first-order valence-electron chi connectivity index (χ1n) is 7.19. The summed E-state index contributed by atoms with van der Waals surface area (Å²) >= 11 is 3.30. The van der Waals surface area contributed by atoms with Gasteiger partial charge in [-0.05, 0) is 38.1 Å². The first-order chi connectivity index (χ1) is 11.4. The Bertz CT molecular complexity index is 735. The molecule has 1 aromatic heterocycles. The van der Waals surface area contributed by atoms with Crippen molar-refractivity contribution in [3.63, 3.8) is 0 Å². The summed E-state index contributed by atoms with van der Waals surface area (Å²) in [4.78, 5) is 23.0. The van der Waals surface area contributed by atoms with Gasteiger partial charge in [-0.1, -0.05) is 15.9 Å². The van der Waals surface area contributed by atoms with Crippen molar-refractivity contribution in [3.8, 4) is 11.5 Å². The van der Waals surface area contributed by atoms with Crippen LogP contribution in [0.2, 0.25) is 0 Å². The Morgan fingerprint density at radius 3 is 2.71 bits per heavy atom. The molecule has 6 nitrogen and oxygen atoms in total. The number of methoxy groups -OCH3 is 1. The molecule has 2 aromatic rings. The van der Waals surface area contributed by atoms with Crippen LogP contribution in [-0.2, 0) is 11.3 Å². The fraction of sp³-hybridized carbons (Fsp3) is 0.294. The molecule has 0 amide bonds. The van der Waals surface area contributed by atoms with Crippen LogP contribution in [0.3, 0.4) is 0 Å². The number of carbonyl (C=O) groups excluding carboxylic acids is 2. The summed E-state index contributed by atoms with van der Waals surface area (Å²) in [5.41, 5.74) is 0.340. The molecule has 0 saturated carbocycles. The number of furan rings is 1. The van der Waals surface area contributed by atoms with Gasteiger partial charge in [-0.3, -0.25) is 4.79 Å². The second kappa shape index (κ2) is 8.01. The maximum atomic E-state index is 11.8. The summed E-state index contributed by atoms with van der Waals surface area (Å²) in [5, 5.41) is 0. The third-order valence-corrected chi connectivity index (χ3v) is 3.42.